The Morgan fingerprint density at radius 1 is 0.667 bits per heavy atom. The van der Waals surface area contributed by atoms with Crippen LogP contribution in [-0.4, -0.2) is 132 Å². The van der Waals surface area contributed by atoms with Crippen molar-refractivity contribution in [3.8, 4) is 5.75 Å². The summed E-state index contributed by atoms with van der Waals surface area (Å²) in [4.78, 5) is 13.3. The zero-order valence-corrected chi connectivity index (χ0v) is 44.2. The van der Waals surface area contributed by atoms with Crippen LogP contribution in [0.1, 0.15) is 87.8 Å². The SMILES string of the molecule is CCCCCCCCO[C@H]1O[C@H](CO)[C@@H](OCC2(COS(=O)(=O)O)COC(c3ccc(OC)cc3)OC2)[C@H](O[C@@H]2O[C@@H](C)[C@@H](OCc3ccccc3)[C@@H](OCc3ccccc3)[C@@H]2OCc2ccccc2)[C@H]1NC(C)=O. The van der Waals surface area contributed by atoms with Crippen LogP contribution in [-0.2, 0) is 86.6 Å². The Morgan fingerprint density at radius 3 is 1.77 bits per heavy atom. The highest BCUT2D eigenvalue weighted by molar-refractivity contribution is 7.80. The topological polar surface area (TPSA) is 214 Å². The molecular weight excluding hydrogens is 991 g/mol. The van der Waals surface area contributed by atoms with E-state index in [4.69, 9.17) is 56.3 Å². The van der Waals surface area contributed by atoms with Crippen molar-refractivity contribution >= 4 is 16.3 Å². The standard InChI is InChI=1S/C56H75NO17S/c1-5-6-7-8-9-19-30-64-54-47(57-40(3)59)50(49(46(31-58)73-54)68-35-56(38-71-75(60,61)62)36-69-53(70-37-56)44-26-28-45(63-4)29-27-44)74-55-52(67-34-43-24-17-12-18-25-43)51(66-33-42-22-15-11-16-23-42)48(39(2)72-55)65-32-41-20-13-10-14-21-41/h10-18,20-29,39,46-55,58H,5-9,19,30-38H2,1-4H3,(H,57,59)(H,60,61,62)/t39-,46+,47+,48+,49+,50+,51+,52-,53?,54-,55-,56?/m0/s1. The fourth-order valence-corrected chi connectivity index (χ4v) is 9.79. The molecule has 18 nitrogen and oxygen atoms in total. The van der Waals surface area contributed by atoms with Crippen molar-refractivity contribution in [1.29, 1.82) is 0 Å². The smallest absolute Gasteiger partial charge is 0.397 e. The van der Waals surface area contributed by atoms with E-state index >= 15 is 0 Å². The van der Waals surface area contributed by atoms with E-state index in [9.17, 15) is 22.9 Å². The van der Waals surface area contributed by atoms with Gasteiger partial charge < -0.3 is 62.5 Å². The summed E-state index contributed by atoms with van der Waals surface area (Å²) in [5.41, 5.74) is 2.03. The van der Waals surface area contributed by atoms with Crippen LogP contribution in [0, 0.1) is 5.41 Å². The molecule has 3 fully saturated rings. The van der Waals surface area contributed by atoms with Gasteiger partial charge >= 0.3 is 10.4 Å². The first-order valence-corrected chi connectivity index (χ1v) is 27.3. The molecule has 0 saturated carbocycles. The highest BCUT2D eigenvalue weighted by Crippen LogP contribution is 2.38. The van der Waals surface area contributed by atoms with Crippen molar-refractivity contribution in [2.24, 2.45) is 5.41 Å². The first kappa shape index (κ1) is 58.3. The average Bonchev–Trinajstić information content (AvgIpc) is 3.42. The summed E-state index contributed by atoms with van der Waals surface area (Å²) in [6.07, 6.45) is -3.99. The molecule has 3 heterocycles. The molecule has 1 amide bonds. The first-order valence-electron chi connectivity index (χ1n) is 25.9. The molecule has 0 spiro atoms. The maximum Gasteiger partial charge on any atom is 0.397 e. The molecule has 10 atom stereocenters. The number of rotatable bonds is 29. The van der Waals surface area contributed by atoms with E-state index in [1.165, 1.54) is 6.92 Å². The summed E-state index contributed by atoms with van der Waals surface area (Å²) in [7, 11) is -3.39. The number of aliphatic hydroxyl groups excluding tert-OH is 1. The fraction of sp³-hybridized carbons (Fsp3) is 0.554. The number of ether oxygens (including phenoxy) is 11. The van der Waals surface area contributed by atoms with Crippen molar-refractivity contribution in [3.63, 3.8) is 0 Å². The van der Waals surface area contributed by atoms with Crippen LogP contribution in [0.3, 0.4) is 0 Å². The van der Waals surface area contributed by atoms with Gasteiger partial charge in [0, 0.05) is 19.1 Å². The number of hydrogen-bond acceptors (Lipinski definition) is 16. The molecule has 7 rings (SSSR count). The van der Waals surface area contributed by atoms with Gasteiger partial charge in [-0.2, -0.15) is 8.42 Å². The molecule has 0 aliphatic carbocycles. The van der Waals surface area contributed by atoms with Gasteiger partial charge in [-0.15, -0.1) is 0 Å². The van der Waals surface area contributed by atoms with Crippen LogP contribution in [0.5, 0.6) is 5.75 Å². The Labute approximate surface area is 441 Å². The number of hydrogen-bond donors (Lipinski definition) is 3. The van der Waals surface area contributed by atoms with Crippen LogP contribution in [0.4, 0.5) is 0 Å². The average molecular weight is 1070 g/mol. The quantitative estimate of drug-likeness (QED) is 0.0356. The lowest BCUT2D eigenvalue weighted by atomic mass is 9.90. The molecule has 3 aliphatic heterocycles. The largest absolute Gasteiger partial charge is 0.497 e. The van der Waals surface area contributed by atoms with Crippen LogP contribution in [0.2, 0.25) is 0 Å². The lowest BCUT2D eigenvalue weighted by Crippen LogP contribution is -2.69. The van der Waals surface area contributed by atoms with Gasteiger partial charge in [-0.05, 0) is 42.2 Å². The molecule has 3 saturated heterocycles. The summed E-state index contributed by atoms with van der Waals surface area (Å²) in [6, 6.07) is 35.1. The Morgan fingerprint density at radius 2 is 1.23 bits per heavy atom. The Bertz CT molecular complexity index is 2360. The molecule has 0 unspecified atom stereocenters. The second-order valence-electron chi connectivity index (χ2n) is 19.4. The van der Waals surface area contributed by atoms with Crippen molar-refractivity contribution in [1.82, 2.24) is 5.32 Å². The van der Waals surface area contributed by atoms with Crippen molar-refractivity contribution in [2.45, 2.75) is 147 Å². The van der Waals surface area contributed by atoms with Crippen molar-refractivity contribution < 1.29 is 79.2 Å². The summed E-state index contributed by atoms with van der Waals surface area (Å²) >= 11 is 0. The molecular formula is C56H75NO17S. The van der Waals surface area contributed by atoms with Gasteiger partial charge in [-0.1, -0.05) is 142 Å². The number of benzene rings is 4. The maximum atomic E-state index is 13.3. The molecule has 4 aromatic rings. The number of carbonyl (C=O) groups excluding carboxylic acids is 1. The number of methoxy groups -OCH3 is 1. The van der Waals surface area contributed by atoms with E-state index in [1.54, 1.807) is 31.4 Å². The Kier molecular flexibility index (Phi) is 22.8. The van der Waals surface area contributed by atoms with Gasteiger partial charge in [0.05, 0.1) is 71.5 Å². The fourth-order valence-electron chi connectivity index (χ4n) is 9.39. The van der Waals surface area contributed by atoms with Gasteiger partial charge in [0.15, 0.2) is 18.9 Å². The molecule has 75 heavy (non-hydrogen) atoms. The summed E-state index contributed by atoms with van der Waals surface area (Å²) in [5.74, 6) is 0.196. The molecule has 0 bridgehead atoms. The van der Waals surface area contributed by atoms with E-state index in [-0.39, 0.29) is 46.2 Å². The molecule has 412 valence electrons. The zero-order chi connectivity index (χ0) is 53.0. The van der Waals surface area contributed by atoms with Crippen LogP contribution in [0.25, 0.3) is 0 Å². The molecule has 4 aromatic carbocycles. The lowest BCUT2D eigenvalue weighted by Gasteiger charge is -2.50. The predicted octanol–water partition coefficient (Wildman–Crippen LogP) is 7.42. The molecule has 0 aromatic heterocycles. The second-order valence-corrected chi connectivity index (χ2v) is 20.5. The number of nitrogens with one attached hydrogen (secondary N) is 1. The van der Waals surface area contributed by atoms with Gasteiger partial charge in [0.2, 0.25) is 5.91 Å². The maximum absolute atomic E-state index is 13.3. The van der Waals surface area contributed by atoms with Gasteiger partial charge in [-0.3, -0.25) is 9.35 Å². The molecule has 3 N–H and O–H groups in total. The number of unbranched alkanes of at least 4 members (excludes halogenated alkanes) is 5. The van der Waals surface area contributed by atoms with E-state index in [0.29, 0.717) is 17.7 Å². The highest BCUT2D eigenvalue weighted by Gasteiger charge is 2.54. The number of carbonyl (C=O) groups is 1. The van der Waals surface area contributed by atoms with E-state index in [0.717, 1.165) is 48.8 Å². The van der Waals surface area contributed by atoms with Gasteiger partial charge in [0.1, 0.15) is 48.4 Å². The summed E-state index contributed by atoms with van der Waals surface area (Å²) < 4.78 is 111. The minimum absolute atomic E-state index is 0.125. The number of aliphatic hydroxyl groups is 1. The third kappa shape index (κ3) is 17.5. The monoisotopic (exact) mass is 1070 g/mol. The minimum atomic E-state index is -4.95. The van der Waals surface area contributed by atoms with Crippen LogP contribution >= 0.6 is 0 Å². The van der Waals surface area contributed by atoms with Crippen molar-refractivity contribution in [2.75, 3.05) is 46.8 Å². The van der Waals surface area contributed by atoms with E-state index in [1.807, 2.05) is 97.9 Å². The third-order valence-electron chi connectivity index (χ3n) is 13.4. The molecule has 3 aliphatic rings. The Hall–Kier alpha value is -4.42. The van der Waals surface area contributed by atoms with E-state index in [2.05, 4.69) is 12.2 Å². The zero-order valence-electron chi connectivity index (χ0n) is 43.4. The predicted molar refractivity (Wildman–Crippen MR) is 274 cm³/mol. The van der Waals surface area contributed by atoms with E-state index < -0.39 is 103 Å². The lowest BCUT2D eigenvalue weighted by molar-refractivity contribution is -0.359. The van der Waals surface area contributed by atoms with Crippen LogP contribution in [0.15, 0.2) is 115 Å². The van der Waals surface area contributed by atoms with Gasteiger partial charge in [-0.25, -0.2) is 4.18 Å². The normalized spacial score (nSPS) is 28.2. The Balaban J connectivity index is 1.23. The minimum Gasteiger partial charge on any atom is -0.497 e. The summed E-state index contributed by atoms with van der Waals surface area (Å²) in [5, 5.41) is 14.2. The van der Waals surface area contributed by atoms with Crippen LogP contribution < -0.4 is 10.1 Å². The van der Waals surface area contributed by atoms with Crippen molar-refractivity contribution in [3.05, 3.63) is 138 Å². The molecule has 0 radical (unpaired) electrons. The highest BCUT2D eigenvalue weighted by atomic mass is 32.3. The number of amides is 1. The third-order valence-corrected chi connectivity index (χ3v) is 13.8. The first-order chi connectivity index (χ1) is 36.4. The molecule has 19 heteroatoms. The van der Waals surface area contributed by atoms with Gasteiger partial charge in [0.25, 0.3) is 0 Å². The second kappa shape index (κ2) is 29.4. The summed E-state index contributed by atoms with van der Waals surface area (Å²) in [6.45, 7) is 4.35.